The number of aromatic carboxylic acids is 1. The highest BCUT2D eigenvalue weighted by molar-refractivity contribution is 7.99. The highest BCUT2D eigenvalue weighted by Crippen LogP contribution is 2.40. The standard InChI is InChI=1S/C45H47N3O7S/c46-38-15-5-6-16-39(38)48-43(51)19-3-1-2-18-42(50)47-27-31-10-8-11-33(24-31)34-12-9-13-35(25-34)45-54-36(29-56-41-17-7-4-14-37(41)44(52)53)26-40(55-45)32-22-20-30(28-49)21-23-32/h4-17,20-25,36,40,45,49H,1-3,18-19,26-29,46H2,(H,47,50)(H,48,51)(H,52,53)/t36-,40+,45+/m0/s1. The van der Waals surface area contributed by atoms with E-state index in [0.717, 1.165) is 39.8 Å². The van der Waals surface area contributed by atoms with Crippen LogP contribution in [0.15, 0.2) is 126 Å². The summed E-state index contributed by atoms with van der Waals surface area (Å²) in [6.07, 6.45) is 2.27. The predicted octanol–water partition coefficient (Wildman–Crippen LogP) is 8.67. The molecular formula is C45H47N3O7S. The number of aliphatic hydroxyl groups excluding tert-OH is 1. The van der Waals surface area contributed by atoms with Crippen LogP contribution in [0.5, 0.6) is 0 Å². The van der Waals surface area contributed by atoms with E-state index in [-0.39, 0.29) is 36.2 Å². The molecule has 290 valence electrons. The largest absolute Gasteiger partial charge is 0.478 e. The minimum absolute atomic E-state index is 0.0368. The Morgan fingerprint density at radius 3 is 2.21 bits per heavy atom. The third-order valence-electron chi connectivity index (χ3n) is 9.61. The van der Waals surface area contributed by atoms with E-state index < -0.39 is 12.3 Å². The van der Waals surface area contributed by atoms with E-state index >= 15 is 0 Å². The van der Waals surface area contributed by atoms with Gasteiger partial charge in [-0.3, -0.25) is 9.59 Å². The van der Waals surface area contributed by atoms with Crippen LogP contribution in [-0.2, 0) is 32.2 Å². The molecule has 0 aliphatic carbocycles. The summed E-state index contributed by atoms with van der Waals surface area (Å²) in [6, 6.07) is 37.9. The van der Waals surface area contributed by atoms with Crippen LogP contribution in [0.3, 0.4) is 0 Å². The molecule has 11 heteroatoms. The van der Waals surface area contributed by atoms with Gasteiger partial charge in [0.05, 0.1) is 35.8 Å². The lowest BCUT2D eigenvalue weighted by Crippen LogP contribution is -2.31. The SMILES string of the molecule is Nc1ccccc1NC(=O)CCCCCC(=O)NCc1cccc(-c2cccc([C@@H]3O[C@H](CSc4ccccc4C(=O)O)C[C@H](c4ccc(CO)cc4)O3)c2)c1. The lowest BCUT2D eigenvalue weighted by molar-refractivity contribution is -0.245. The topological polar surface area (TPSA) is 160 Å². The molecule has 0 unspecified atom stereocenters. The Hall–Kier alpha value is -5.46. The maximum Gasteiger partial charge on any atom is 0.336 e. The van der Waals surface area contributed by atoms with Crippen LogP contribution in [0.2, 0.25) is 0 Å². The van der Waals surface area contributed by atoms with E-state index in [0.29, 0.717) is 60.7 Å². The Kier molecular flexibility index (Phi) is 14.3. The Morgan fingerprint density at radius 2 is 1.45 bits per heavy atom. The first-order chi connectivity index (χ1) is 27.2. The number of carboxylic acids is 1. The highest BCUT2D eigenvalue weighted by atomic mass is 32.2. The molecule has 1 saturated heterocycles. The first kappa shape index (κ1) is 40.2. The van der Waals surface area contributed by atoms with E-state index in [4.69, 9.17) is 15.2 Å². The van der Waals surface area contributed by atoms with Crippen molar-refractivity contribution in [1.82, 2.24) is 5.32 Å². The number of nitrogens with one attached hydrogen (secondary N) is 2. The van der Waals surface area contributed by atoms with Gasteiger partial charge in [0.15, 0.2) is 6.29 Å². The maximum atomic E-state index is 12.7. The zero-order valence-electron chi connectivity index (χ0n) is 31.1. The lowest BCUT2D eigenvalue weighted by atomic mass is 9.99. The number of unbranched alkanes of at least 4 members (excludes halogenated alkanes) is 2. The number of nitrogens with two attached hydrogens (primary N) is 1. The van der Waals surface area contributed by atoms with Gasteiger partial charge in [0.2, 0.25) is 11.8 Å². The van der Waals surface area contributed by atoms with Gasteiger partial charge in [0, 0.05) is 42.0 Å². The van der Waals surface area contributed by atoms with Crippen molar-refractivity contribution in [2.75, 3.05) is 16.8 Å². The van der Waals surface area contributed by atoms with Crippen molar-refractivity contribution in [3.63, 3.8) is 0 Å². The molecule has 6 N–H and O–H groups in total. The van der Waals surface area contributed by atoms with Crippen LogP contribution in [0.1, 0.15) is 83.5 Å². The van der Waals surface area contributed by atoms with E-state index in [1.54, 1.807) is 24.3 Å². The highest BCUT2D eigenvalue weighted by Gasteiger charge is 2.32. The minimum Gasteiger partial charge on any atom is -0.478 e. The quantitative estimate of drug-likeness (QED) is 0.0354. The van der Waals surface area contributed by atoms with E-state index in [9.17, 15) is 24.6 Å². The van der Waals surface area contributed by atoms with Crippen LogP contribution in [-0.4, -0.2) is 39.9 Å². The molecule has 0 spiro atoms. The van der Waals surface area contributed by atoms with Gasteiger partial charge in [0.1, 0.15) is 0 Å². The molecule has 2 amide bonds. The Balaban J connectivity index is 1.05. The van der Waals surface area contributed by atoms with E-state index in [2.05, 4.69) is 22.8 Å². The van der Waals surface area contributed by atoms with Crippen LogP contribution in [0.4, 0.5) is 11.4 Å². The number of aliphatic hydroxyl groups is 1. The molecule has 0 radical (unpaired) electrons. The van der Waals surface area contributed by atoms with Gasteiger partial charge in [-0.1, -0.05) is 91.3 Å². The lowest BCUT2D eigenvalue weighted by Gasteiger charge is -2.36. The van der Waals surface area contributed by atoms with Gasteiger partial charge in [-0.15, -0.1) is 11.8 Å². The third kappa shape index (κ3) is 11.3. The van der Waals surface area contributed by atoms with Gasteiger partial charge in [-0.25, -0.2) is 4.79 Å². The normalized spacial score (nSPS) is 16.6. The summed E-state index contributed by atoms with van der Waals surface area (Å²) in [5.74, 6) is -0.564. The molecule has 56 heavy (non-hydrogen) atoms. The Bertz CT molecular complexity index is 2110. The van der Waals surface area contributed by atoms with E-state index in [1.165, 1.54) is 11.8 Å². The van der Waals surface area contributed by atoms with Crippen molar-refractivity contribution in [3.8, 4) is 11.1 Å². The van der Waals surface area contributed by atoms with Crippen molar-refractivity contribution >= 4 is 40.9 Å². The number of thioether (sulfide) groups is 1. The van der Waals surface area contributed by atoms with Crippen LogP contribution < -0.4 is 16.4 Å². The molecule has 0 aromatic heterocycles. The number of carboxylic acid groups (broad SMARTS) is 1. The average Bonchev–Trinajstić information content (AvgIpc) is 3.23. The van der Waals surface area contributed by atoms with Gasteiger partial charge in [-0.05, 0) is 77.1 Å². The van der Waals surface area contributed by atoms with Crippen molar-refractivity contribution in [1.29, 1.82) is 0 Å². The third-order valence-corrected chi connectivity index (χ3v) is 10.8. The fourth-order valence-corrected chi connectivity index (χ4v) is 7.63. The second kappa shape index (κ2) is 19.9. The number of anilines is 2. The zero-order valence-corrected chi connectivity index (χ0v) is 31.9. The van der Waals surface area contributed by atoms with Crippen molar-refractivity contribution in [3.05, 3.63) is 149 Å². The van der Waals surface area contributed by atoms with Gasteiger partial charge in [-0.2, -0.15) is 0 Å². The first-order valence-corrected chi connectivity index (χ1v) is 19.8. The summed E-state index contributed by atoms with van der Waals surface area (Å²) in [5, 5.41) is 25.1. The first-order valence-electron chi connectivity index (χ1n) is 18.8. The number of nitrogen functional groups attached to an aromatic ring is 1. The molecule has 1 heterocycles. The summed E-state index contributed by atoms with van der Waals surface area (Å²) in [6.45, 7) is 0.346. The summed E-state index contributed by atoms with van der Waals surface area (Å²) in [4.78, 5) is 37.4. The minimum atomic E-state index is -0.968. The van der Waals surface area contributed by atoms with Crippen molar-refractivity contribution in [2.24, 2.45) is 0 Å². The number of carbonyl (C=O) groups is 3. The number of amides is 2. The second-order valence-corrected chi connectivity index (χ2v) is 14.8. The molecule has 0 saturated carbocycles. The number of hydrogen-bond acceptors (Lipinski definition) is 8. The molecule has 5 aromatic rings. The number of ether oxygens (including phenoxy) is 2. The molecule has 1 fully saturated rings. The summed E-state index contributed by atoms with van der Waals surface area (Å²) < 4.78 is 13.1. The van der Waals surface area contributed by atoms with Gasteiger partial charge < -0.3 is 36.1 Å². The Labute approximate surface area is 331 Å². The fourth-order valence-electron chi connectivity index (χ4n) is 6.56. The zero-order chi connectivity index (χ0) is 39.3. The number of hydrogen-bond donors (Lipinski definition) is 5. The number of benzene rings is 5. The number of para-hydroxylation sites is 2. The summed E-state index contributed by atoms with van der Waals surface area (Å²) >= 11 is 1.46. The Morgan fingerprint density at radius 1 is 0.732 bits per heavy atom. The molecule has 0 bridgehead atoms. The number of carbonyl (C=O) groups excluding carboxylic acids is 2. The van der Waals surface area contributed by atoms with E-state index in [1.807, 2.05) is 84.9 Å². The van der Waals surface area contributed by atoms with Crippen LogP contribution in [0.25, 0.3) is 11.1 Å². The molecule has 5 aromatic carbocycles. The molecule has 6 rings (SSSR count). The average molecular weight is 774 g/mol. The monoisotopic (exact) mass is 773 g/mol. The molecule has 1 aliphatic rings. The van der Waals surface area contributed by atoms with Gasteiger partial charge in [0.25, 0.3) is 0 Å². The number of rotatable bonds is 17. The van der Waals surface area contributed by atoms with Crippen molar-refractivity contribution < 1.29 is 34.1 Å². The fraction of sp³-hybridized carbons (Fsp3) is 0.267. The summed E-state index contributed by atoms with van der Waals surface area (Å²) in [5.41, 5.74) is 12.9. The molecular weight excluding hydrogens is 727 g/mol. The maximum absolute atomic E-state index is 12.7. The smallest absolute Gasteiger partial charge is 0.336 e. The molecule has 10 nitrogen and oxygen atoms in total. The molecule has 1 aliphatic heterocycles. The van der Waals surface area contributed by atoms with Gasteiger partial charge >= 0.3 is 5.97 Å². The molecule has 3 atom stereocenters. The second-order valence-electron chi connectivity index (χ2n) is 13.8. The summed E-state index contributed by atoms with van der Waals surface area (Å²) in [7, 11) is 0. The van der Waals surface area contributed by atoms with Crippen molar-refractivity contribution in [2.45, 2.75) is 75.1 Å². The van der Waals surface area contributed by atoms with Crippen LogP contribution in [0, 0.1) is 0 Å². The van der Waals surface area contributed by atoms with Crippen LogP contribution >= 0.6 is 11.8 Å². The predicted molar refractivity (Wildman–Crippen MR) is 219 cm³/mol.